The van der Waals surface area contributed by atoms with Crippen LogP contribution in [0.2, 0.25) is 0 Å². The monoisotopic (exact) mass is 415 g/mol. The molecule has 0 fully saturated rings. The van der Waals surface area contributed by atoms with Crippen molar-refractivity contribution in [2.75, 3.05) is 30.9 Å². The molecule has 0 radical (unpaired) electrons. The molecule has 2 aromatic rings. The van der Waals surface area contributed by atoms with Gasteiger partial charge in [0, 0.05) is 19.7 Å². The van der Waals surface area contributed by atoms with Gasteiger partial charge in [-0.2, -0.15) is 18.2 Å². The highest BCUT2D eigenvalue weighted by Crippen LogP contribution is 2.33. The molecule has 4 N–H and O–H groups in total. The molecule has 1 aromatic heterocycles. The first-order valence-electron chi connectivity index (χ1n) is 8.63. The quantitative estimate of drug-likeness (QED) is 0.411. The van der Waals surface area contributed by atoms with E-state index in [1.165, 1.54) is 4.90 Å². The molecule has 0 saturated carbocycles. The average molecular weight is 415 g/mol. The molecule has 0 amide bonds. The number of halogens is 4. The van der Waals surface area contributed by atoms with Gasteiger partial charge in [-0.05, 0) is 18.6 Å². The number of aliphatic hydroxyl groups is 1. The maximum absolute atomic E-state index is 14.4. The zero-order chi connectivity index (χ0) is 21.9. The fourth-order valence-corrected chi connectivity index (χ4v) is 2.69. The van der Waals surface area contributed by atoms with Gasteiger partial charge in [0.15, 0.2) is 0 Å². The van der Waals surface area contributed by atoms with Crippen molar-refractivity contribution < 1.29 is 22.7 Å². The van der Waals surface area contributed by atoms with Gasteiger partial charge in [0.05, 0.1) is 23.9 Å². The van der Waals surface area contributed by atoms with E-state index in [4.69, 9.17) is 5.41 Å². The van der Waals surface area contributed by atoms with Crippen LogP contribution in [0.15, 0.2) is 23.0 Å². The van der Waals surface area contributed by atoms with Crippen molar-refractivity contribution >= 4 is 17.5 Å². The van der Waals surface area contributed by atoms with Crippen molar-refractivity contribution in [3.63, 3.8) is 0 Å². The summed E-state index contributed by atoms with van der Waals surface area (Å²) in [5.74, 6) is -0.993. The van der Waals surface area contributed by atoms with Crippen molar-refractivity contribution in [3.05, 3.63) is 51.1 Å². The van der Waals surface area contributed by atoms with Gasteiger partial charge < -0.3 is 20.7 Å². The van der Waals surface area contributed by atoms with Crippen LogP contribution in [0.5, 0.6) is 0 Å². The second-order valence-corrected chi connectivity index (χ2v) is 6.48. The minimum absolute atomic E-state index is 0.0459. The molecule has 158 valence electrons. The number of nitrogens with one attached hydrogen (secondary N) is 3. The summed E-state index contributed by atoms with van der Waals surface area (Å²) < 4.78 is 52.8. The average Bonchev–Trinajstić information content (AvgIpc) is 2.64. The standard InChI is InChI=1S/C18H21F4N5O2/c1-4-13(10-6-5-9(7-11(10)19)18(20,21)22)24-15-14(12(23)8-28)16(29)26-17(25-15)27(2)3/h5-7,13,23,28H,4,8H2,1-3H3,(H2,24,25,26,29). The SMILES string of the molecule is CCC(Nc1nc(N(C)C)[nH]c(=O)c1C(=N)CO)c1ccc(C(F)(F)F)cc1F. The van der Waals surface area contributed by atoms with Gasteiger partial charge in [-0.15, -0.1) is 0 Å². The fraction of sp³-hybridized carbons (Fsp3) is 0.389. The van der Waals surface area contributed by atoms with Gasteiger partial charge in [0.2, 0.25) is 5.95 Å². The summed E-state index contributed by atoms with van der Waals surface area (Å²) in [7, 11) is 3.23. The third-order valence-electron chi connectivity index (χ3n) is 4.21. The van der Waals surface area contributed by atoms with E-state index in [2.05, 4.69) is 15.3 Å². The van der Waals surface area contributed by atoms with Crippen LogP contribution in [-0.4, -0.2) is 41.5 Å². The van der Waals surface area contributed by atoms with Crippen LogP contribution in [-0.2, 0) is 6.18 Å². The molecule has 1 unspecified atom stereocenters. The Labute approximate surface area is 163 Å². The molecule has 0 bridgehead atoms. The summed E-state index contributed by atoms with van der Waals surface area (Å²) in [6.07, 6.45) is -4.42. The predicted molar refractivity (Wildman–Crippen MR) is 101 cm³/mol. The second-order valence-electron chi connectivity index (χ2n) is 6.48. The molecule has 1 atom stereocenters. The zero-order valence-electron chi connectivity index (χ0n) is 16.0. The van der Waals surface area contributed by atoms with Gasteiger partial charge >= 0.3 is 6.18 Å². The number of anilines is 2. The number of rotatable bonds is 7. The van der Waals surface area contributed by atoms with E-state index < -0.39 is 41.5 Å². The summed E-state index contributed by atoms with van der Waals surface area (Å²) in [5, 5.41) is 19.9. The van der Waals surface area contributed by atoms with E-state index in [0.29, 0.717) is 6.07 Å². The third-order valence-corrected chi connectivity index (χ3v) is 4.21. The highest BCUT2D eigenvalue weighted by Gasteiger charge is 2.32. The minimum Gasteiger partial charge on any atom is -0.390 e. The number of aliphatic hydroxyl groups excluding tert-OH is 1. The van der Waals surface area contributed by atoms with Crippen molar-refractivity contribution in [1.29, 1.82) is 5.41 Å². The molecule has 1 heterocycles. The van der Waals surface area contributed by atoms with Crippen molar-refractivity contribution in [2.24, 2.45) is 0 Å². The topological polar surface area (TPSA) is 105 Å². The van der Waals surface area contributed by atoms with Gasteiger partial charge in [-0.25, -0.2) is 4.39 Å². The van der Waals surface area contributed by atoms with Crippen molar-refractivity contribution in [1.82, 2.24) is 9.97 Å². The van der Waals surface area contributed by atoms with Crippen LogP contribution < -0.4 is 15.8 Å². The molecular weight excluding hydrogens is 394 g/mol. The Bertz CT molecular complexity index is 956. The maximum Gasteiger partial charge on any atom is 0.416 e. The van der Waals surface area contributed by atoms with Crippen LogP contribution in [0, 0.1) is 11.2 Å². The number of H-pyrrole nitrogens is 1. The van der Waals surface area contributed by atoms with Gasteiger partial charge in [-0.3, -0.25) is 9.78 Å². The first-order chi connectivity index (χ1) is 13.5. The minimum atomic E-state index is -4.67. The van der Waals surface area contributed by atoms with E-state index in [0.717, 1.165) is 12.1 Å². The van der Waals surface area contributed by atoms with E-state index >= 15 is 0 Å². The van der Waals surface area contributed by atoms with E-state index in [1.807, 2.05) is 0 Å². The number of alkyl halides is 3. The van der Waals surface area contributed by atoms with Crippen LogP contribution in [0.1, 0.15) is 36.1 Å². The summed E-state index contributed by atoms with van der Waals surface area (Å²) in [6.45, 7) is 0.942. The number of benzene rings is 1. The highest BCUT2D eigenvalue weighted by atomic mass is 19.4. The lowest BCUT2D eigenvalue weighted by atomic mass is 10.0. The summed E-state index contributed by atoms with van der Waals surface area (Å²) in [6, 6.07) is 1.38. The Morgan fingerprint density at radius 1 is 1.38 bits per heavy atom. The van der Waals surface area contributed by atoms with Gasteiger partial charge in [0.25, 0.3) is 5.56 Å². The summed E-state index contributed by atoms with van der Waals surface area (Å²) >= 11 is 0. The highest BCUT2D eigenvalue weighted by molar-refractivity contribution is 6.02. The normalized spacial score (nSPS) is 12.6. The number of hydrogen-bond acceptors (Lipinski definition) is 6. The molecular formula is C18H21F4N5O2. The maximum atomic E-state index is 14.4. The second kappa shape index (κ2) is 8.60. The Hall–Kier alpha value is -2.95. The smallest absolute Gasteiger partial charge is 0.390 e. The molecule has 1 aromatic carbocycles. The molecule has 7 nitrogen and oxygen atoms in total. The first kappa shape index (κ1) is 22.3. The molecule has 0 aliphatic rings. The first-order valence-corrected chi connectivity index (χ1v) is 8.63. The molecule has 2 rings (SSSR count). The van der Waals surface area contributed by atoms with Crippen molar-refractivity contribution in [3.8, 4) is 0 Å². The summed E-state index contributed by atoms with van der Waals surface area (Å²) in [4.78, 5) is 20.6. The molecule has 0 spiro atoms. The number of hydrogen-bond donors (Lipinski definition) is 4. The molecule has 0 aliphatic heterocycles. The molecule has 0 saturated heterocycles. The Kier molecular flexibility index (Phi) is 6.62. The van der Waals surface area contributed by atoms with E-state index in [1.54, 1.807) is 21.0 Å². The third kappa shape index (κ3) is 4.91. The Balaban J connectivity index is 2.53. The Morgan fingerprint density at radius 2 is 2.03 bits per heavy atom. The van der Waals surface area contributed by atoms with Crippen LogP contribution in [0.3, 0.4) is 0 Å². The number of aromatic amines is 1. The lowest BCUT2D eigenvalue weighted by Crippen LogP contribution is -2.28. The summed E-state index contributed by atoms with van der Waals surface area (Å²) in [5.41, 5.74) is -2.48. The fourth-order valence-electron chi connectivity index (χ4n) is 2.69. The van der Waals surface area contributed by atoms with E-state index in [9.17, 15) is 27.5 Å². The number of nitrogens with zero attached hydrogens (tertiary/aromatic N) is 2. The van der Waals surface area contributed by atoms with Crippen LogP contribution in [0.25, 0.3) is 0 Å². The number of aromatic nitrogens is 2. The molecule has 11 heteroatoms. The zero-order valence-corrected chi connectivity index (χ0v) is 16.0. The van der Waals surface area contributed by atoms with Gasteiger partial charge in [0.1, 0.15) is 17.2 Å². The van der Waals surface area contributed by atoms with Gasteiger partial charge in [-0.1, -0.05) is 13.0 Å². The molecule has 0 aliphatic carbocycles. The largest absolute Gasteiger partial charge is 0.416 e. The Morgan fingerprint density at radius 3 is 2.52 bits per heavy atom. The molecule has 29 heavy (non-hydrogen) atoms. The lowest BCUT2D eigenvalue weighted by Gasteiger charge is -2.22. The lowest BCUT2D eigenvalue weighted by molar-refractivity contribution is -0.137. The van der Waals surface area contributed by atoms with Crippen LogP contribution in [0.4, 0.5) is 29.3 Å². The van der Waals surface area contributed by atoms with E-state index in [-0.39, 0.29) is 29.3 Å². The predicted octanol–water partition coefficient (Wildman–Crippen LogP) is 2.92. The van der Waals surface area contributed by atoms with Crippen molar-refractivity contribution in [2.45, 2.75) is 25.6 Å². The van der Waals surface area contributed by atoms with Crippen LogP contribution >= 0.6 is 0 Å².